The van der Waals surface area contributed by atoms with E-state index in [4.69, 9.17) is 0 Å². The third kappa shape index (κ3) is 2.09. The van der Waals surface area contributed by atoms with Crippen LogP contribution in [0.2, 0.25) is 0 Å². The van der Waals surface area contributed by atoms with Crippen molar-refractivity contribution in [1.82, 2.24) is 5.32 Å². The van der Waals surface area contributed by atoms with Crippen LogP contribution in [0.25, 0.3) is 0 Å². The van der Waals surface area contributed by atoms with Crippen molar-refractivity contribution in [2.45, 2.75) is 25.3 Å². The van der Waals surface area contributed by atoms with Gasteiger partial charge in [0.1, 0.15) is 0 Å². The summed E-state index contributed by atoms with van der Waals surface area (Å²) in [7, 11) is 0. The number of para-hydroxylation sites is 1. The van der Waals surface area contributed by atoms with Gasteiger partial charge in [0.05, 0.1) is 12.2 Å². The van der Waals surface area contributed by atoms with E-state index in [0.717, 1.165) is 33.8 Å². The van der Waals surface area contributed by atoms with Gasteiger partial charge in [-0.05, 0) is 71.0 Å². The molecule has 2 bridgehead atoms. The van der Waals surface area contributed by atoms with Crippen molar-refractivity contribution >= 4 is 27.5 Å². The molecule has 3 saturated carbocycles. The molecular weight excluding hydrogens is 316 g/mol. The Morgan fingerprint density at radius 1 is 1.20 bits per heavy atom. The van der Waals surface area contributed by atoms with Crippen molar-refractivity contribution in [3.05, 3.63) is 28.7 Å². The zero-order valence-corrected chi connectivity index (χ0v) is 12.9. The summed E-state index contributed by atoms with van der Waals surface area (Å²) in [6, 6.07) is 8.34. The number of benzene rings is 1. The van der Waals surface area contributed by atoms with Crippen LogP contribution in [0.1, 0.15) is 19.3 Å². The number of amides is 1. The molecule has 1 aromatic carbocycles. The predicted molar refractivity (Wildman–Crippen MR) is 82.4 cm³/mol. The third-order valence-electron chi connectivity index (χ3n) is 5.38. The molecule has 2 N–H and O–H groups in total. The minimum Gasteiger partial charge on any atom is -0.324 e. The summed E-state index contributed by atoms with van der Waals surface area (Å²) in [6.07, 6.45) is 4.30. The van der Waals surface area contributed by atoms with Gasteiger partial charge in [0.15, 0.2) is 0 Å². The van der Waals surface area contributed by atoms with Crippen molar-refractivity contribution in [2.24, 2.45) is 23.7 Å². The SMILES string of the molecule is O=C(CNC1C2C3CCC(C3)C12)Nc1ccccc1Br. The molecule has 4 atom stereocenters. The highest BCUT2D eigenvalue weighted by atomic mass is 79.9. The third-order valence-corrected chi connectivity index (χ3v) is 6.07. The van der Waals surface area contributed by atoms with Gasteiger partial charge in [-0.2, -0.15) is 0 Å². The molecule has 3 nitrogen and oxygen atoms in total. The predicted octanol–water partition coefficient (Wildman–Crippen LogP) is 3.02. The average molecular weight is 335 g/mol. The lowest BCUT2D eigenvalue weighted by Crippen LogP contribution is -2.32. The minimum atomic E-state index is 0.0502. The van der Waals surface area contributed by atoms with Gasteiger partial charge in [-0.25, -0.2) is 0 Å². The molecule has 4 unspecified atom stereocenters. The Balaban J connectivity index is 1.29. The first-order chi connectivity index (χ1) is 9.74. The van der Waals surface area contributed by atoms with Crippen LogP contribution in [0.4, 0.5) is 5.69 Å². The van der Waals surface area contributed by atoms with E-state index in [1.54, 1.807) is 0 Å². The normalized spacial score (nSPS) is 36.8. The summed E-state index contributed by atoms with van der Waals surface area (Å²) in [5.74, 6) is 3.71. The molecule has 3 aliphatic carbocycles. The standard InChI is InChI=1S/C16H19BrN2O/c17-11-3-1-2-4-12(11)19-13(20)8-18-16-14-9-5-6-10(7-9)15(14)16/h1-4,9-10,14-16,18H,5-8H2,(H,19,20). The smallest absolute Gasteiger partial charge is 0.238 e. The maximum absolute atomic E-state index is 12.0. The Hall–Kier alpha value is -0.870. The van der Waals surface area contributed by atoms with Crippen molar-refractivity contribution in [3.63, 3.8) is 0 Å². The zero-order chi connectivity index (χ0) is 13.7. The number of hydrogen-bond acceptors (Lipinski definition) is 2. The number of halogens is 1. The van der Waals surface area contributed by atoms with Gasteiger partial charge in [-0.1, -0.05) is 12.1 Å². The van der Waals surface area contributed by atoms with Gasteiger partial charge in [0.2, 0.25) is 5.91 Å². The quantitative estimate of drug-likeness (QED) is 0.888. The number of carbonyl (C=O) groups is 1. The second kappa shape index (κ2) is 4.85. The summed E-state index contributed by atoms with van der Waals surface area (Å²) in [6.45, 7) is 0.429. The first-order valence-electron chi connectivity index (χ1n) is 7.52. The summed E-state index contributed by atoms with van der Waals surface area (Å²) < 4.78 is 0.926. The molecule has 0 aliphatic heterocycles. The van der Waals surface area contributed by atoms with Crippen LogP contribution < -0.4 is 10.6 Å². The van der Waals surface area contributed by atoms with Crippen molar-refractivity contribution in [2.75, 3.05) is 11.9 Å². The van der Waals surface area contributed by atoms with E-state index in [2.05, 4.69) is 26.6 Å². The topological polar surface area (TPSA) is 41.1 Å². The monoisotopic (exact) mass is 334 g/mol. The van der Waals surface area contributed by atoms with Gasteiger partial charge in [0, 0.05) is 10.5 Å². The van der Waals surface area contributed by atoms with Crippen LogP contribution in [0.15, 0.2) is 28.7 Å². The summed E-state index contributed by atoms with van der Waals surface area (Å²) in [5.41, 5.74) is 0.843. The highest BCUT2D eigenvalue weighted by molar-refractivity contribution is 9.10. The summed E-state index contributed by atoms with van der Waals surface area (Å²) in [4.78, 5) is 12.0. The fourth-order valence-corrected chi connectivity index (χ4v) is 4.95. The number of carbonyl (C=O) groups excluding carboxylic acids is 1. The van der Waals surface area contributed by atoms with Crippen LogP contribution >= 0.6 is 15.9 Å². The van der Waals surface area contributed by atoms with E-state index >= 15 is 0 Å². The van der Waals surface area contributed by atoms with E-state index in [-0.39, 0.29) is 5.91 Å². The number of nitrogens with one attached hydrogen (secondary N) is 2. The van der Waals surface area contributed by atoms with E-state index in [9.17, 15) is 4.79 Å². The van der Waals surface area contributed by atoms with E-state index < -0.39 is 0 Å². The van der Waals surface area contributed by atoms with Gasteiger partial charge in [0.25, 0.3) is 0 Å². The number of fused-ring (bicyclic) bond motifs is 5. The Labute approximate surface area is 127 Å². The van der Waals surface area contributed by atoms with Crippen LogP contribution in [-0.4, -0.2) is 18.5 Å². The van der Waals surface area contributed by atoms with Crippen molar-refractivity contribution in [3.8, 4) is 0 Å². The molecule has 20 heavy (non-hydrogen) atoms. The molecule has 4 rings (SSSR count). The number of anilines is 1. The fraction of sp³-hybridized carbons (Fsp3) is 0.562. The molecule has 3 aliphatic rings. The molecule has 1 amide bonds. The van der Waals surface area contributed by atoms with E-state index in [0.29, 0.717) is 12.6 Å². The molecule has 0 heterocycles. The van der Waals surface area contributed by atoms with E-state index in [1.807, 2.05) is 24.3 Å². The molecule has 106 valence electrons. The minimum absolute atomic E-state index is 0.0502. The Morgan fingerprint density at radius 3 is 2.60 bits per heavy atom. The second-order valence-corrected chi connectivity index (χ2v) is 7.28. The highest BCUT2D eigenvalue weighted by Crippen LogP contribution is 2.65. The highest BCUT2D eigenvalue weighted by Gasteiger charge is 2.64. The molecular formula is C16H19BrN2O. The lowest BCUT2D eigenvalue weighted by molar-refractivity contribution is -0.115. The molecule has 3 fully saturated rings. The number of hydrogen-bond donors (Lipinski definition) is 2. The average Bonchev–Trinajstić information content (AvgIpc) is 2.83. The lowest BCUT2D eigenvalue weighted by atomic mass is 10.0. The second-order valence-electron chi connectivity index (χ2n) is 6.42. The maximum atomic E-state index is 12.0. The molecule has 0 radical (unpaired) electrons. The maximum Gasteiger partial charge on any atom is 0.238 e. The Kier molecular flexibility index (Phi) is 3.11. The van der Waals surface area contributed by atoms with E-state index in [1.165, 1.54) is 19.3 Å². The molecule has 0 saturated heterocycles. The first kappa shape index (κ1) is 12.8. The Morgan fingerprint density at radius 2 is 1.90 bits per heavy atom. The molecule has 4 heteroatoms. The van der Waals surface area contributed by atoms with Crippen LogP contribution in [0, 0.1) is 23.7 Å². The molecule has 0 aromatic heterocycles. The largest absolute Gasteiger partial charge is 0.324 e. The van der Waals surface area contributed by atoms with Gasteiger partial charge in [-0.3, -0.25) is 4.79 Å². The van der Waals surface area contributed by atoms with Crippen molar-refractivity contribution in [1.29, 1.82) is 0 Å². The van der Waals surface area contributed by atoms with Gasteiger partial charge < -0.3 is 10.6 Å². The van der Waals surface area contributed by atoms with Gasteiger partial charge >= 0.3 is 0 Å². The van der Waals surface area contributed by atoms with Crippen LogP contribution in [0.5, 0.6) is 0 Å². The summed E-state index contributed by atoms with van der Waals surface area (Å²) >= 11 is 3.45. The van der Waals surface area contributed by atoms with Crippen LogP contribution in [0.3, 0.4) is 0 Å². The lowest BCUT2D eigenvalue weighted by Gasteiger charge is -2.11. The fourth-order valence-electron chi connectivity index (χ4n) is 4.57. The van der Waals surface area contributed by atoms with Crippen molar-refractivity contribution < 1.29 is 4.79 Å². The van der Waals surface area contributed by atoms with Gasteiger partial charge in [-0.15, -0.1) is 0 Å². The first-order valence-corrected chi connectivity index (χ1v) is 8.31. The number of rotatable bonds is 4. The molecule has 0 spiro atoms. The van der Waals surface area contributed by atoms with Crippen LogP contribution in [-0.2, 0) is 4.79 Å². The zero-order valence-electron chi connectivity index (χ0n) is 11.3. The Bertz CT molecular complexity index is 531. The summed E-state index contributed by atoms with van der Waals surface area (Å²) in [5, 5.41) is 6.42. The molecule has 1 aromatic rings.